The first-order valence-corrected chi connectivity index (χ1v) is 5.42. The third-order valence-electron chi connectivity index (χ3n) is 2.56. The zero-order chi connectivity index (χ0) is 12.1. The minimum absolute atomic E-state index is 0.808. The van der Waals surface area contributed by atoms with Crippen LogP contribution in [-0.4, -0.2) is 6.29 Å². The lowest BCUT2D eigenvalue weighted by atomic mass is 9.98. The van der Waals surface area contributed by atoms with E-state index in [4.69, 9.17) is 4.84 Å². The van der Waals surface area contributed by atoms with Gasteiger partial charge < -0.3 is 0 Å². The summed E-state index contributed by atoms with van der Waals surface area (Å²) in [6, 6.07) is 15.0. The predicted molar refractivity (Wildman–Crippen MR) is 63.1 cm³/mol. The van der Waals surface area contributed by atoms with E-state index >= 15 is 0 Å². The maximum absolute atomic E-state index is 11.3. The summed E-state index contributed by atoms with van der Waals surface area (Å²) in [6.45, 7) is 1.75. The van der Waals surface area contributed by atoms with E-state index in [9.17, 15) is 4.79 Å². The Balaban J connectivity index is 2.30. The Labute approximate surface area is 100 Å². The van der Waals surface area contributed by atoms with Crippen LogP contribution in [0.5, 0.6) is 0 Å². The van der Waals surface area contributed by atoms with Crippen LogP contribution in [0.4, 0.5) is 0 Å². The molecule has 0 N–H and O–H groups in total. The highest BCUT2D eigenvalue weighted by Crippen LogP contribution is 2.18. The van der Waals surface area contributed by atoms with Gasteiger partial charge in [-0.15, -0.1) is 0 Å². The summed E-state index contributed by atoms with van der Waals surface area (Å²) in [5.41, 5.74) is -0.154. The number of benzene rings is 1. The van der Waals surface area contributed by atoms with E-state index in [-0.39, 0.29) is 0 Å². The van der Waals surface area contributed by atoms with Crippen LogP contribution in [0.2, 0.25) is 0 Å². The molecule has 2 aromatic rings. The van der Waals surface area contributed by atoms with E-state index in [0.29, 0.717) is 0 Å². The van der Waals surface area contributed by atoms with Crippen LogP contribution in [0.25, 0.3) is 0 Å². The SMILES string of the molecule is CC(C=O)(O[n+]1ccccc1)c1ccccc1. The highest BCUT2D eigenvalue weighted by molar-refractivity contribution is 5.65. The molecule has 0 bridgehead atoms. The predicted octanol–water partition coefficient (Wildman–Crippen LogP) is 1.52. The van der Waals surface area contributed by atoms with E-state index in [1.54, 1.807) is 19.3 Å². The molecule has 1 aromatic heterocycles. The lowest BCUT2D eigenvalue weighted by molar-refractivity contribution is -0.905. The van der Waals surface area contributed by atoms with E-state index in [2.05, 4.69) is 0 Å². The fourth-order valence-corrected chi connectivity index (χ4v) is 1.57. The number of aromatic nitrogens is 1. The normalized spacial score (nSPS) is 13.7. The number of pyridine rings is 1. The number of nitrogens with zero attached hydrogens (tertiary/aromatic N) is 1. The van der Waals surface area contributed by atoms with Crippen LogP contribution in [0.15, 0.2) is 60.9 Å². The van der Waals surface area contributed by atoms with Crippen LogP contribution in [0, 0.1) is 0 Å². The molecule has 0 saturated carbocycles. The first kappa shape index (κ1) is 11.3. The average Bonchev–Trinajstić information content (AvgIpc) is 2.41. The Morgan fingerprint density at radius 3 is 2.24 bits per heavy atom. The van der Waals surface area contributed by atoms with Gasteiger partial charge in [0, 0.05) is 22.4 Å². The van der Waals surface area contributed by atoms with Crippen LogP contribution in [0.1, 0.15) is 12.5 Å². The van der Waals surface area contributed by atoms with E-state index in [1.807, 2.05) is 48.5 Å². The molecule has 0 aliphatic rings. The van der Waals surface area contributed by atoms with Crippen molar-refractivity contribution in [2.24, 2.45) is 0 Å². The summed E-state index contributed by atoms with van der Waals surface area (Å²) in [6.07, 6.45) is 4.32. The number of rotatable bonds is 4. The summed E-state index contributed by atoms with van der Waals surface area (Å²) in [4.78, 5) is 17.0. The van der Waals surface area contributed by atoms with Crippen molar-refractivity contribution in [3.8, 4) is 0 Å². The molecule has 17 heavy (non-hydrogen) atoms. The van der Waals surface area contributed by atoms with Crippen molar-refractivity contribution in [2.75, 3.05) is 0 Å². The second-order valence-electron chi connectivity index (χ2n) is 3.92. The molecule has 0 fully saturated rings. The van der Waals surface area contributed by atoms with Crippen LogP contribution in [0.3, 0.4) is 0 Å². The van der Waals surface area contributed by atoms with Crippen LogP contribution < -0.4 is 9.57 Å². The summed E-state index contributed by atoms with van der Waals surface area (Å²) < 4.78 is 1.53. The molecule has 0 radical (unpaired) electrons. The summed E-state index contributed by atoms with van der Waals surface area (Å²) >= 11 is 0. The largest absolute Gasteiger partial charge is 0.298 e. The lowest BCUT2D eigenvalue weighted by Gasteiger charge is -2.18. The Bertz CT molecular complexity index is 484. The number of carbonyl (C=O) groups excluding carboxylic acids is 1. The molecule has 3 nitrogen and oxygen atoms in total. The Morgan fingerprint density at radius 1 is 1.06 bits per heavy atom. The molecule has 1 heterocycles. The standard InChI is InChI=1S/C14H14NO2/c1-14(12-16,13-8-4-2-5-9-13)17-15-10-6-3-7-11-15/h2-12H,1H3/q+1. The molecule has 86 valence electrons. The number of carbonyl (C=O) groups is 1. The molecule has 3 heteroatoms. The first-order chi connectivity index (χ1) is 8.24. The first-order valence-electron chi connectivity index (χ1n) is 5.42. The van der Waals surface area contributed by atoms with E-state index in [1.165, 1.54) is 4.73 Å². The smallest absolute Gasteiger partial charge is 0.256 e. The zero-order valence-corrected chi connectivity index (χ0v) is 9.61. The van der Waals surface area contributed by atoms with Gasteiger partial charge in [-0.1, -0.05) is 36.4 Å². The third-order valence-corrected chi connectivity index (χ3v) is 2.56. The Kier molecular flexibility index (Phi) is 3.19. The molecule has 1 unspecified atom stereocenters. The van der Waals surface area contributed by atoms with Gasteiger partial charge in [-0.05, 0) is 6.92 Å². The number of hydrogen-bond acceptors (Lipinski definition) is 2. The van der Waals surface area contributed by atoms with Crippen molar-refractivity contribution in [3.63, 3.8) is 0 Å². The van der Waals surface area contributed by atoms with Gasteiger partial charge in [0.2, 0.25) is 12.4 Å². The maximum Gasteiger partial charge on any atom is 0.256 e. The molecule has 2 rings (SSSR count). The molecule has 0 aliphatic carbocycles. The molecule has 1 aromatic carbocycles. The average molecular weight is 228 g/mol. The Hall–Kier alpha value is -2.16. The van der Waals surface area contributed by atoms with Crippen molar-refractivity contribution in [1.82, 2.24) is 0 Å². The maximum atomic E-state index is 11.3. The van der Waals surface area contributed by atoms with Gasteiger partial charge in [-0.25, -0.2) is 0 Å². The second-order valence-corrected chi connectivity index (χ2v) is 3.92. The van der Waals surface area contributed by atoms with Crippen molar-refractivity contribution >= 4 is 6.29 Å². The molecule has 1 atom stereocenters. The van der Waals surface area contributed by atoms with Gasteiger partial charge in [-0.2, -0.15) is 0 Å². The number of aldehydes is 1. The topological polar surface area (TPSA) is 30.2 Å². The van der Waals surface area contributed by atoms with Crippen molar-refractivity contribution in [3.05, 3.63) is 66.5 Å². The molecule has 0 saturated heterocycles. The summed E-state index contributed by atoms with van der Waals surface area (Å²) in [5, 5.41) is 0. The highest BCUT2D eigenvalue weighted by atomic mass is 16.7. The van der Waals surface area contributed by atoms with E-state index < -0.39 is 5.60 Å². The van der Waals surface area contributed by atoms with Gasteiger partial charge in [0.15, 0.2) is 6.29 Å². The molecular weight excluding hydrogens is 214 g/mol. The molecule has 0 spiro atoms. The monoisotopic (exact) mass is 228 g/mol. The lowest BCUT2D eigenvalue weighted by Crippen LogP contribution is -2.52. The fourth-order valence-electron chi connectivity index (χ4n) is 1.57. The summed E-state index contributed by atoms with van der Waals surface area (Å²) in [7, 11) is 0. The van der Waals surface area contributed by atoms with Crippen LogP contribution in [-0.2, 0) is 10.4 Å². The van der Waals surface area contributed by atoms with Gasteiger partial charge in [0.05, 0.1) is 0 Å². The third kappa shape index (κ3) is 2.50. The Morgan fingerprint density at radius 2 is 1.65 bits per heavy atom. The minimum Gasteiger partial charge on any atom is -0.298 e. The summed E-state index contributed by atoms with van der Waals surface area (Å²) in [5.74, 6) is 0. The van der Waals surface area contributed by atoms with E-state index in [0.717, 1.165) is 11.8 Å². The van der Waals surface area contributed by atoms with Crippen LogP contribution >= 0.6 is 0 Å². The van der Waals surface area contributed by atoms with Crippen molar-refractivity contribution < 1.29 is 14.4 Å². The van der Waals surface area contributed by atoms with Crippen molar-refractivity contribution in [1.29, 1.82) is 0 Å². The highest BCUT2D eigenvalue weighted by Gasteiger charge is 2.33. The molecular formula is C14H14NO2+. The quantitative estimate of drug-likeness (QED) is 0.586. The minimum atomic E-state index is -0.979. The van der Waals surface area contributed by atoms with Gasteiger partial charge in [0.25, 0.3) is 5.60 Å². The second kappa shape index (κ2) is 4.78. The van der Waals surface area contributed by atoms with Gasteiger partial charge in [-0.3, -0.25) is 9.63 Å². The molecule has 0 aliphatic heterocycles. The van der Waals surface area contributed by atoms with Gasteiger partial charge >= 0.3 is 0 Å². The molecule has 0 amide bonds. The van der Waals surface area contributed by atoms with Crippen molar-refractivity contribution in [2.45, 2.75) is 12.5 Å². The fraction of sp³-hybridized carbons (Fsp3) is 0.143. The number of hydrogen-bond donors (Lipinski definition) is 0. The zero-order valence-electron chi connectivity index (χ0n) is 9.61. The van der Waals surface area contributed by atoms with Gasteiger partial charge in [0.1, 0.15) is 0 Å².